The second-order valence-electron chi connectivity index (χ2n) is 6.26. The van der Waals surface area contributed by atoms with E-state index in [2.05, 4.69) is 39.2 Å². The summed E-state index contributed by atoms with van der Waals surface area (Å²) in [7, 11) is -1.23. The van der Waals surface area contributed by atoms with Crippen LogP contribution in [-0.2, 0) is 0 Å². The lowest BCUT2D eigenvalue weighted by molar-refractivity contribution is 0.537. The largest absolute Gasteiger partial charge is 0.107 e. The quantitative estimate of drug-likeness (QED) is 0.522. The van der Waals surface area contributed by atoms with Crippen LogP contribution in [0.1, 0.15) is 46.0 Å². The standard InChI is InChI=1S/C15H31Si2/c1-6-17(7-2,8-3)14-13-15(16(4)5)11-9-10-12-15/h6H,1,7-14H2,2-5H3. The first-order chi connectivity index (χ1) is 8.04. The molecular weight excluding hydrogens is 236 g/mol. The van der Waals surface area contributed by atoms with Crippen molar-refractivity contribution in [3.8, 4) is 0 Å². The zero-order valence-corrected chi connectivity index (χ0v) is 14.4. The van der Waals surface area contributed by atoms with Crippen molar-refractivity contribution in [2.24, 2.45) is 0 Å². The topological polar surface area (TPSA) is 0 Å². The normalized spacial score (nSPS) is 19.8. The molecule has 0 nitrogen and oxygen atoms in total. The third kappa shape index (κ3) is 3.34. The summed E-state index contributed by atoms with van der Waals surface area (Å²) >= 11 is 0. The van der Waals surface area contributed by atoms with Gasteiger partial charge in [-0.05, 0) is 5.04 Å². The maximum absolute atomic E-state index is 4.16. The van der Waals surface area contributed by atoms with Gasteiger partial charge in [-0.15, -0.1) is 12.3 Å². The molecule has 0 spiro atoms. The predicted octanol–water partition coefficient (Wildman–Crippen LogP) is 5.66. The summed E-state index contributed by atoms with van der Waals surface area (Å²) in [6.45, 7) is 14.0. The van der Waals surface area contributed by atoms with E-state index in [1.165, 1.54) is 50.2 Å². The third-order valence-corrected chi connectivity index (χ3v) is 13.4. The van der Waals surface area contributed by atoms with Crippen molar-refractivity contribution in [3.05, 3.63) is 12.3 Å². The van der Waals surface area contributed by atoms with Crippen LogP contribution >= 0.6 is 0 Å². The summed E-state index contributed by atoms with van der Waals surface area (Å²) in [4.78, 5) is 0. The molecule has 0 saturated heterocycles. The van der Waals surface area contributed by atoms with Gasteiger partial charge in [0.05, 0.1) is 8.07 Å². The summed E-state index contributed by atoms with van der Waals surface area (Å²) in [5.74, 6) is 0. The molecule has 0 atom stereocenters. The lowest BCUT2D eigenvalue weighted by Crippen LogP contribution is -2.33. The molecule has 1 radical (unpaired) electrons. The van der Waals surface area contributed by atoms with E-state index >= 15 is 0 Å². The Morgan fingerprint density at radius 2 is 1.71 bits per heavy atom. The Morgan fingerprint density at radius 3 is 2.06 bits per heavy atom. The van der Waals surface area contributed by atoms with Crippen LogP contribution in [-0.4, -0.2) is 16.9 Å². The van der Waals surface area contributed by atoms with E-state index in [0.717, 1.165) is 5.04 Å². The molecule has 0 aromatic carbocycles. The molecule has 2 heteroatoms. The first-order valence-electron chi connectivity index (χ1n) is 7.48. The Bertz CT molecular complexity index is 235. The lowest BCUT2D eigenvalue weighted by atomic mass is 10.0. The summed E-state index contributed by atoms with van der Waals surface area (Å²) in [5, 5.41) is 0.788. The highest BCUT2D eigenvalue weighted by molar-refractivity contribution is 6.84. The Hall–Kier alpha value is 0.174. The van der Waals surface area contributed by atoms with Gasteiger partial charge in [0.25, 0.3) is 0 Å². The molecule has 0 heterocycles. The molecule has 17 heavy (non-hydrogen) atoms. The smallest absolute Gasteiger partial charge is 0.0765 e. The van der Waals surface area contributed by atoms with Gasteiger partial charge in [-0.25, -0.2) is 0 Å². The van der Waals surface area contributed by atoms with Gasteiger partial charge in [-0.2, -0.15) is 0 Å². The van der Waals surface area contributed by atoms with Crippen molar-refractivity contribution >= 4 is 16.9 Å². The molecule has 0 N–H and O–H groups in total. The maximum atomic E-state index is 4.16. The average molecular weight is 268 g/mol. The first-order valence-corrected chi connectivity index (χ1v) is 12.7. The number of rotatable bonds is 7. The minimum absolute atomic E-state index is 0.130. The van der Waals surface area contributed by atoms with Crippen LogP contribution in [0.25, 0.3) is 0 Å². The van der Waals surface area contributed by atoms with E-state index in [1.807, 2.05) is 0 Å². The molecular formula is C15H31Si2. The van der Waals surface area contributed by atoms with E-state index in [-0.39, 0.29) is 8.80 Å². The van der Waals surface area contributed by atoms with Crippen LogP contribution in [0.5, 0.6) is 0 Å². The summed E-state index contributed by atoms with van der Waals surface area (Å²) in [5.41, 5.74) is 2.38. The molecule has 0 aromatic heterocycles. The van der Waals surface area contributed by atoms with Crippen molar-refractivity contribution in [3.63, 3.8) is 0 Å². The lowest BCUT2D eigenvalue weighted by Gasteiger charge is -2.36. The molecule has 0 amide bonds. The highest BCUT2D eigenvalue weighted by Crippen LogP contribution is 2.52. The fourth-order valence-electron chi connectivity index (χ4n) is 3.53. The molecule has 1 rings (SSSR count). The fraction of sp³-hybridized carbons (Fsp3) is 0.867. The zero-order chi connectivity index (χ0) is 12.9. The molecule has 1 aliphatic rings. The van der Waals surface area contributed by atoms with Crippen LogP contribution in [0.2, 0.25) is 36.3 Å². The highest BCUT2D eigenvalue weighted by atomic mass is 28.3. The molecule has 1 saturated carbocycles. The number of hydrogen-bond donors (Lipinski definition) is 0. The second kappa shape index (κ2) is 6.37. The van der Waals surface area contributed by atoms with E-state index < -0.39 is 8.07 Å². The highest BCUT2D eigenvalue weighted by Gasteiger charge is 2.39. The monoisotopic (exact) mass is 267 g/mol. The first kappa shape index (κ1) is 15.2. The van der Waals surface area contributed by atoms with Crippen LogP contribution in [0.15, 0.2) is 12.3 Å². The van der Waals surface area contributed by atoms with Gasteiger partial charge in [0.15, 0.2) is 0 Å². The van der Waals surface area contributed by atoms with Crippen molar-refractivity contribution in [1.82, 2.24) is 0 Å². The van der Waals surface area contributed by atoms with Crippen molar-refractivity contribution in [2.45, 2.75) is 82.2 Å². The molecule has 0 bridgehead atoms. The van der Waals surface area contributed by atoms with Crippen molar-refractivity contribution in [1.29, 1.82) is 0 Å². The van der Waals surface area contributed by atoms with E-state index in [0.29, 0.717) is 0 Å². The van der Waals surface area contributed by atoms with Crippen molar-refractivity contribution in [2.75, 3.05) is 0 Å². The summed E-state index contributed by atoms with van der Waals surface area (Å²) in [6.07, 6.45) is 7.58. The Morgan fingerprint density at radius 1 is 1.18 bits per heavy atom. The zero-order valence-electron chi connectivity index (χ0n) is 12.4. The van der Waals surface area contributed by atoms with Gasteiger partial charge < -0.3 is 0 Å². The van der Waals surface area contributed by atoms with E-state index in [9.17, 15) is 0 Å². The van der Waals surface area contributed by atoms with Gasteiger partial charge in [0.1, 0.15) is 0 Å². The van der Waals surface area contributed by atoms with Gasteiger partial charge in [-0.1, -0.05) is 77.2 Å². The molecule has 0 unspecified atom stereocenters. The van der Waals surface area contributed by atoms with Gasteiger partial charge in [0, 0.05) is 8.80 Å². The Balaban J connectivity index is 2.66. The van der Waals surface area contributed by atoms with Crippen LogP contribution in [0, 0.1) is 0 Å². The van der Waals surface area contributed by atoms with E-state index in [4.69, 9.17) is 0 Å². The van der Waals surface area contributed by atoms with Crippen LogP contribution in [0.3, 0.4) is 0 Å². The van der Waals surface area contributed by atoms with Gasteiger partial charge in [-0.3, -0.25) is 0 Å². The number of hydrogen-bond acceptors (Lipinski definition) is 0. The van der Waals surface area contributed by atoms with E-state index in [1.54, 1.807) is 0 Å². The van der Waals surface area contributed by atoms with Gasteiger partial charge in [0.2, 0.25) is 0 Å². The summed E-state index contributed by atoms with van der Waals surface area (Å²) < 4.78 is 0. The third-order valence-electron chi connectivity index (χ3n) is 5.56. The SMILES string of the molecule is C=C[Si](CC)(CC)CCC1([Si](C)C)CCCC1. The average Bonchev–Trinajstić information content (AvgIpc) is 2.82. The minimum Gasteiger partial charge on any atom is -0.107 e. The Labute approximate surface area is 112 Å². The second-order valence-corrected chi connectivity index (χ2v) is 14.4. The molecule has 0 aliphatic heterocycles. The minimum atomic E-state index is -1.10. The molecule has 99 valence electrons. The molecule has 0 aromatic rings. The van der Waals surface area contributed by atoms with Crippen LogP contribution in [0.4, 0.5) is 0 Å². The fourth-order valence-corrected chi connectivity index (χ4v) is 8.73. The molecule has 1 aliphatic carbocycles. The van der Waals surface area contributed by atoms with Gasteiger partial charge >= 0.3 is 0 Å². The summed E-state index contributed by atoms with van der Waals surface area (Å²) in [6, 6.07) is 4.32. The predicted molar refractivity (Wildman–Crippen MR) is 85.0 cm³/mol. The van der Waals surface area contributed by atoms with Crippen LogP contribution < -0.4 is 0 Å². The van der Waals surface area contributed by atoms with Crippen molar-refractivity contribution < 1.29 is 0 Å². The Kier molecular flexibility index (Phi) is 5.71. The maximum Gasteiger partial charge on any atom is 0.0765 e. The molecule has 1 fully saturated rings.